The summed E-state index contributed by atoms with van der Waals surface area (Å²) in [6, 6.07) is 4.25. The molecule has 0 aliphatic carbocycles. The number of nitrogens with zero attached hydrogens (tertiary/aromatic N) is 1. The molecule has 0 aliphatic rings. The predicted octanol–water partition coefficient (Wildman–Crippen LogP) is 1.63. The van der Waals surface area contributed by atoms with Crippen LogP contribution in [-0.4, -0.2) is 19.2 Å². The van der Waals surface area contributed by atoms with E-state index in [1.807, 2.05) is 0 Å². The molecule has 98 valence electrons. The third-order valence-electron chi connectivity index (χ3n) is 2.03. The first-order valence-corrected chi connectivity index (χ1v) is 7.51. The van der Waals surface area contributed by atoms with Crippen LogP contribution in [-0.2, 0) is 16.7 Å². The maximum Gasteiger partial charge on any atom is 0.171 e. The van der Waals surface area contributed by atoms with Crippen LogP contribution in [0.1, 0.15) is 31.7 Å². The molecule has 0 spiro atoms. The lowest BCUT2D eigenvalue weighted by molar-refractivity contribution is -0.697. The summed E-state index contributed by atoms with van der Waals surface area (Å²) in [5.41, 5.74) is 1.34. The second-order valence-electron chi connectivity index (χ2n) is 4.03. The minimum absolute atomic E-state index is 0.604. The van der Waals surface area contributed by atoms with Gasteiger partial charge in [0.2, 0.25) is 0 Å². The molecule has 0 bridgehead atoms. The molecule has 0 saturated carbocycles. The molecule has 1 aromatic rings. The van der Waals surface area contributed by atoms with Gasteiger partial charge in [-0.05, 0) is 19.4 Å². The lowest BCUT2D eigenvalue weighted by Crippen LogP contribution is -2.32. The van der Waals surface area contributed by atoms with Crippen LogP contribution < -0.4 is 4.57 Å². The molecule has 0 aliphatic heterocycles. The van der Waals surface area contributed by atoms with Crippen LogP contribution in [0.15, 0.2) is 24.5 Å². The molecule has 4 nitrogen and oxygen atoms in total. The molecule has 1 aromatic heterocycles. The van der Waals surface area contributed by atoms with Crippen LogP contribution in [0, 0.1) is 6.92 Å². The van der Waals surface area contributed by atoms with Gasteiger partial charge in [0.15, 0.2) is 12.4 Å². The van der Waals surface area contributed by atoms with Gasteiger partial charge in [0, 0.05) is 24.3 Å². The summed E-state index contributed by atoms with van der Waals surface area (Å²) in [6.07, 6.45) is 8.88. The molecule has 0 unspecified atom stereocenters. The lowest BCUT2D eigenvalue weighted by Gasteiger charge is -1.96. The number of aryl methyl sites for hydroxylation is 2. The Labute approximate surface area is 104 Å². The maximum atomic E-state index is 9.08. The van der Waals surface area contributed by atoms with E-state index >= 15 is 0 Å². The van der Waals surface area contributed by atoms with Gasteiger partial charge in [-0.1, -0.05) is 13.3 Å². The maximum absolute atomic E-state index is 9.08. The van der Waals surface area contributed by atoms with Crippen molar-refractivity contribution >= 4 is 10.1 Å². The van der Waals surface area contributed by atoms with E-state index in [-0.39, 0.29) is 0 Å². The summed E-state index contributed by atoms with van der Waals surface area (Å²) in [7, 11) is -3.92. The molecule has 0 saturated heterocycles. The SMILES string of the molecule is CCCCC[n+]1cccc(C)c1.CS(=O)(=O)[O-]. The zero-order chi connectivity index (χ0) is 13.3. The van der Waals surface area contributed by atoms with E-state index in [9.17, 15) is 0 Å². The van der Waals surface area contributed by atoms with Crippen molar-refractivity contribution in [2.24, 2.45) is 0 Å². The van der Waals surface area contributed by atoms with Crippen molar-refractivity contribution in [1.29, 1.82) is 0 Å². The van der Waals surface area contributed by atoms with Crippen molar-refractivity contribution < 1.29 is 17.5 Å². The number of pyridine rings is 1. The summed E-state index contributed by atoms with van der Waals surface area (Å²) in [4.78, 5) is 0. The number of unbranched alkanes of at least 4 members (excludes halogenated alkanes) is 2. The highest BCUT2D eigenvalue weighted by molar-refractivity contribution is 7.84. The standard InChI is InChI=1S/C11H18N.CH4O3S/c1-3-4-5-8-12-9-6-7-11(2)10-12;1-5(2,3)4/h6-7,9-10H,3-5,8H2,1-2H3;1H3,(H,2,3,4)/q+1;/p-1. The summed E-state index contributed by atoms with van der Waals surface area (Å²) < 4.78 is 29.5. The number of hydrogen-bond acceptors (Lipinski definition) is 3. The topological polar surface area (TPSA) is 61.1 Å². The highest BCUT2D eigenvalue weighted by atomic mass is 32.2. The van der Waals surface area contributed by atoms with Gasteiger partial charge in [-0.2, -0.15) is 0 Å². The zero-order valence-corrected chi connectivity index (χ0v) is 11.5. The second-order valence-corrected chi connectivity index (χ2v) is 5.44. The van der Waals surface area contributed by atoms with Gasteiger partial charge in [-0.15, -0.1) is 0 Å². The molecule has 0 fully saturated rings. The van der Waals surface area contributed by atoms with Crippen LogP contribution >= 0.6 is 0 Å². The Kier molecular flexibility index (Phi) is 7.74. The Balaban J connectivity index is 0.000000437. The summed E-state index contributed by atoms with van der Waals surface area (Å²) in [5, 5.41) is 0. The molecule has 0 aromatic carbocycles. The van der Waals surface area contributed by atoms with Crippen molar-refractivity contribution in [3.63, 3.8) is 0 Å². The quantitative estimate of drug-likeness (QED) is 0.469. The van der Waals surface area contributed by atoms with E-state index in [0.717, 1.165) is 6.54 Å². The van der Waals surface area contributed by atoms with Gasteiger partial charge < -0.3 is 4.55 Å². The van der Waals surface area contributed by atoms with Gasteiger partial charge >= 0.3 is 0 Å². The third-order valence-corrected chi connectivity index (χ3v) is 2.03. The van der Waals surface area contributed by atoms with Crippen molar-refractivity contribution in [2.45, 2.75) is 39.7 Å². The fraction of sp³-hybridized carbons (Fsp3) is 0.583. The first-order chi connectivity index (χ1) is 7.83. The fourth-order valence-corrected chi connectivity index (χ4v) is 1.34. The van der Waals surface area contributed by atoms with Crippen molar-refractivity contribution in [3.8, 4) is 0 Å². The average Bonchev–Trinajstić information content (AvgIpc) is 2.15. The molecule has 1 heterocycles. The Morgan fingerprint density at radius 2 is 1.94 bits per heavy atom. The van der Waals surface area contributed by atoms with E-state index in [1.54, 1.807) is 0 Å². The Morgan fingerprint density at radius 3 is 2.41 bits per heavy atom. The summed E-state index contributed by atoms with van der Waals surface area (Å²) in [5.74, 6) is 0. The molecular weight excluding hydrogens is 238 g/mol. The summed E-state index contributed by atoms with van der Waals surface area (Å²) >= 11 is 0. The predicted molar refractivity (Wildman–Crippen MR) is 66.5 cm³/mol. The number of rotatable bonds is 4. The Hall–Kier alpha value is -0.940. The monoisotopic (exact) mass is 259 g/mol. The van der Waals surface area contributed by atoms with Crippen LogP contribution in [0.3, 0.4) is 0 Å². The van der Waals surface area contributed by atoms with Crippen molar-refractivity contribution in [3.05, 3.63) is 30.1 Å². The van der Waals surface area contributed by atoms with Crippen molar-refractivity contribution in [2.75, 3.05) is 6.26 Å². The van der Waals surface area contributed by atoms with Gasteiger partial charge in [-0.3, -0.25) is 0 Å². The van der Waals surface area contributed by atoms with Crippen molar-refractivity contribution in [1.82, 2.24) is 0 Å². The first-order valence-electron chi connectivity index (χ1n) is 5.69. The minimum Gasteiger partial charge on any atom is -0.748 e. The van der Waals surface area contributed by atoms with Crippen LogP contribution in [0.4, 0.5) is 0 Å². The zero-order valence-electron chi connectivity index (χ0n) is 10.7. The van der Waals surface area contributed by atoms with E-state index in [0.29, 0.717) is 6.26 Å². The Morgan fingerprint density at radius 1 is 1.35 bits per heavy atom. The Bertz CT molecular complexity index is 408. The molecule has 0 amide bonds. The number of hydrogen-bond donors (Lipinski definition) is 0. The molecule has 0 radical (unpaired) electrons. The molecular formula is C12H21NO3S. The van der Waals surface area contributed by atoms with Crippen LogP contribution in [0.25, 0.3) is 0 Å². The summed E-state index contributed by atoms with van der Waals surface area (Å²) in [6.45, 7) is 5.53. The molecule has 0 atom stereocenters. The molecule has 0 N–H and O–H groups in total. The lowest BCUT2D eigenvalue weighted by atomic mass is 10.2. The molecule has 1 rings (SSSR count). The smallest absolute Gasteiger partial charge is 0.171 e. The van der Waals surface area contributed by atoms with Gasteiger partial charge in [0.25, 0.3) is 0 Å². The first kappa shape index (κ1) is 16.1. The van der Waals surface area contributed by atoms with Gasteiger partial charge in [0.1, 0.15) is 6.54 Å². The van der Waals surface area contributed by atoms with E-state index in [1.165, 1.54) is 24.8 Å². The van der Waals surface area contributed by atoms with Crippen LogP contribution in [0.5, 0.6) is 0 Å². The average molecular weight is 259 g/mol. The highest BCUT2D eigenvalue weighted by Crippen LogP contribution is 1.94. The van der Waals surface area contributed by atoms with E-state index in [2.05, 4.69) is 42.9 Å². The normalized spacial score (nSPS) is 10.6. The third kappa shape index (κ3) is 13.0. The van der Waals surface area contributed by atoms with Gasteiger partial charge in [0.05, 0.1) is 10.1 Å². The molecule has 5 heteroatoms. The van der Waals surface area contributed by atoms with Gasteiger partial charge in [-0.25, -0.2) is 13.0 Å². The van der Waals surface area contributed by atoms with E-state index in [4.69, 9.17) is 13.0 Å². The molecule has 17 heavy (non-hydrogen) atoms. The number of aromatic nitrogens is 1. The second kappa shape index (κ2) is 8.20. The fourth-order valence-electron chi connectivity index (χ4n) is 1.34. The van der Waals surface area contributed by atoms with Crippen LogP contribution in [0.2, 0.25) is 0 Å². The van der Waals surface area contributed by atoms with E-state index < -0.39 is 10.1 Å². The minimum atomic E-state index is -3.92. The largest absolute Gasteiger partial charge is 0.748 e. The highest BCUT2D eigenvalue weighted by Gasteiger charge is 1.98.